The summed E-state index contributed by atoms with van der Waals surface area (Å²) in [6, 6.07) is 8.59. The quantitative estimate of drug-likeness (QED) is 0.687. The average molecular weight is 412 g/mol. The number of fused-ring (bicyclic) bond motifs is 1. The van der Waals surface area contributed by atoms with Gasteiger partial charge >= 0.3 is 0 Å². The summed E-state index contributed by atoms with van der Waals surface area (Å²) in [7, 11) is 0. The molecule has 3 heterocycles. The summed E-state index contributed by atoms with van der Waals surface area (Å²) >= 11 is 0. The zero-order valence-electron chi connectivity index (χ0n) is 17.8. The Hall–Kier alpha value is -2.34. The van der Waals surface area contributed by atoms with Crippen molar-refractivity contribution >= 4 is 22.7 Å². The molecule has 1 aromatic heterocycles. The van der Waals surface area contributed by atoms with Crippen LogP contribution in [0.25, 0.3) is 10.9 Å². The number of aromatic nitrogens is 1. The molecule has 0 unspecified atom stereocenters. The van der Waals surface area contributed by atoms with E-state index in [9.17, 15) is 9.59 Å². The van der Waals surface area contributed by atoms with Crippen LogP contribution in [0.15, 0.2) is 30.5 Å². The highest BCUT2D eigenvalue weighted by Gasteiger charge is 2.26. The molecule has 2 fully saturated rings. The molecule has 6 nitrogen and oxygen atoms in total. The summed E-state index contributed by atoms with van der Waals surface area (Å²) in [4.78, 5) is 32.3. The number of aromatic amines is 1. The lowest BCUT2D eigenvalue weighted by Gasteiger charge is -2.35. The first-order valence-corrected chi connectivity index (χ1v) is 11.4. The first kappa shape index (κ1) is 20.9. The van der Waals surface area contributed by atoms with Crippen molar-refractivity contribution in [1.82, 2.24) is 14.8 Å². The van der Waals surface area contributed by atoms with Crippen molar-refractivity contribution in [3.63, 3.8) is 0 Å². The molecule has 2 aromatic rings. The smallest absolute Gasteiger partial charge is 0.222 e. The van der Waals surface area contributed by atoms with Gasteiger partial charge in [0, 0.05) is 68.8 Å². The molecule has 30 heavy (non-hydrogen) atoms. The number of nitrogens with one attached hydrogen (secondary N) is 1. The molecule has 0 bridgehead atoms. The standard InChI is InChI=1S/C24H33N3O3/c28-23-10-4-13-26(23)14-5-15-27(20-11-16-30-17-12-20)24(29)9-3-6-19-18-25-22-8-2-1-7-21(19)22/h1-2,7-8,18,20,25H,3-6,9-17H2. The molecule has 0 saturated carbocycles. The molecule has 162 valence electrons. The van der Waals surface area contributed by atoms with E-state index in [2.05, 4.69) is 34.3 Å². The highest BCUT2D eigenvalue weighted by Crippen LogP contribution is 2.21. The number of hydrogen-bond donors (Lipinski definition) is 1. The van der Waals surface area contributed by atoms with Crippen LogP contribution in [0.5, 0.6) is 0 Å². The van der Waals surface area contributed by atoms with Crippen LogP contribution in [0.2, 0.25) is 0 Å². The van der Waals surface area contributed by atoms with Gasteiger partial charge < -0.3 is 19.5 Å². The highest BCUT2D eigenvalue weighted by atomic mass is 16.5. The second-order valence-electron chi connectivity index (χ2n) is 8.48. The summed E-state index contributed by atoms with van der Waals surface area (Å²) < 4.78 is 5.51. The van der Waals surface area contributed by atoms with E-state index in [-0.39, 0.29) is 17.9 Å². The zero-order chi connectivity index (χ0) is 20.8. The van der Waals surface area contributed by atoms with E-state index >= 15 is 0 Å². The summed E-state index contributed by atoms with van der Waals surface area (Å²) in [6.07, 6.45) is 8.72. The lowest BCUT2D eigenvalue weighted by Crippen LogP contribution is -2.44. The number of aryl methyl sites for hydroxylation is 1. The van der Waals surface area contributed by atoms with Gasteiger partial charge in [0.2, 0.25) is 11.8 Å². The third-order valence-corrected chi connectivity index (χ3v) is 6.46. The number of para-hydroxylation sites is 1. The number of carbonyl (C=O) groups is 2. The zero-order valence-corrected chi connectivity index (χ0v) is 17.8. The highest BCUT2D eigenvalue weighted by molar-refractivity contribution is 5.83. The Bertz CT molecular complexity index is 856. The summed E-state index contributed by atoms with van der Waals surface area (Å²) in [6.45, 7) is 3.83. The van der Waals surface area contributed by atoms with E-state index in [4.69, 9.17) is 4.74 Å². The molecular weight excluding hydrogens is 378 g/mol. The molecular formula is C24H33N3O3. The van der Waals surface area contributed by atoms with Crippen LogP contribution in [0.3, 0.4) is 0 Å². The van der Waals surface area contributed by atoms with Crippen molar-refractivity contribution in [2.24, 2.45) is 0 Å². The maximum absolute atomic E-state index is 13.1. The molecule has 2 aliphatic heterocycles. The first-order chi connectivity index (χ1) is 14.7. The molecule has 2 amide bonds. The molecule has 0 aliphatic carbocycles. The van der Waals surface area contributed by atoms with Crippen LogP contribution in [0.1, 0.15) is 50.5 Å². The van der Waals surface area contributed by atoms with Crippen molar-refractivity contribution in [3.05, 3.63) is 36.0 Å². The van der Waals surface area contributed by atoms with Gasteiger partial charge in [0.15, 0.2) is 0 Å². The van der Waals surface area contributed by atoms with E-state index < -0.39 is 0 Å². The average Bonchev–Trinajstić information content (AvgIpc) is 3.38. The van der Waals surface area contributed by atoms with Gasteiger partial charge in [0.05, 0.1) is 0 Å². The Morgan fingerprint density at radius 1 is 1.20 bits per heavy atom. The molecule has 1 N–H and O–H groups in total. The van der Waals surface area contributed by atoms with Gasteiger partial charge in [-0.3, -0.25) is 9.59 Å². The van der Waals surface area contributed by atoms with Crippen LogP contribution in [-0.2, 0) is 20.7 Å². The van der Waals surface area contributed by atoms with Gasteiger partial charge in [0.25, 0.3) is 0 Å². The molecule has 2 saturated heterocycles. The summed E-state index contributed by atoms with van der Waals surface area (Å²) in [5.41, 5.74) is 2.43. The third-order valence-electron chi connectivity index (χ3n) is 6.46. The van der Waals surface area contributed by atoms with Crippen LogP contribution >= 0.6 is 0 Å². The van der Waals surface area contributed by atoms with E-state index in [1.54, 1.807) is 0 Å². The van der Waals surface area contributed by atoms with E-state index in [1.165, 1.54) is 10.9 Å². The van der Waals surface area contributed by atoms with Crippen molar-refractivity contribution in [3.8, 4) is 0 Å². The first-order valence-electron chi connectivity index (χ1n) is 11.4. The number of hydrogen-bond acceptors (Lipinski definition) is 3. The van der Waals surface area contributed by atoms with Crippen LogP contribution in [-0.4, -0.2) is 65.5 Å². The molecule has 1 aromatic carbocycles. The SMILES string of the molecule is O=C1CCCN1CCCN(C(=O)CCCc1c[nH]c2ccccc12)C1CCOCC1. The van der Waals surface area contributed by atoms with Gasteiger partial charge in [-0.05, 0) is 50.2 Å². The monoisotopic (exact) mass is 411 g/mol. The van der Waals surface area contributed by atoms with Gasteiger partial charge in [0.1, 0.15) is 0 Å². The van der Waals surface area contributed by atoms with Crippen LogP contribution in [0.4, 0.5) is 0 Å². The Balaban J connectivity index is 1.30. The van der Waals surface area contributed by atoms with Crippen LogP contribution < -0.4 is 0 Å². The minimum absolute atomic E-state index is 0.245. The lowest BCUT2D eigenvalue weighted by molar-refractivity contribution is -0.135. The van der Waals surface area contributed by atoms with Gasteiger partial charge in [-0.15, -0.1) is 0 Å². The predicted molar refractivity (Wildman–Crippen MR) is 117 cm³/mol. The minimum Gasteiger partial charge on any atom is -0.381 e. The maximum Gasteiger partial charge on any atom is 0.222 e. The number of ether oxygens (including phenoxy) is 1. The molecule has 4 rings (SSSR count). The minimum atomic E-state index is 0.245. The van der Waals surface area contributed by atoms with Gasteiger partial charge in [-0.2, -0.15) is 0 Å². The number of carbonyl (C=O) groups excluding carboxylic acids is 2. The van der Waals surface area contributed by atoms with Crippen molar-refractivity contribution in [2.45, 2.75) is 57.4 Å². The van der Waals surface area contributed by atoms with Gasteiger partial charge in [-0.1, -0.05) is 18.2 Å². The number of likely N-dealkylation sites (tertiary alicyclic amines) is 1. The Labute approximate surface area is 178 Å². The fourth-order valence-electron chi connectivity index (χ4n) is 4.79. The number of rotatable bonds is 9. The van der Waals surface area contributed by atoms with Crippen molar-refractivity contribution in [2.75, 3.05) is 32.8 Å². The number of benzene rings is 1. The summed E-state index contributed by atoms with van der Waals surface area (Å²) in [5.74, 6) is 0.507. The third kappa shape index (κ3) is 5.04. The number of amides is 2. The molecule has 0 radical (unpaired) electrons. The second kappa shape index (κ2) is 10.1. The maximum atomic E-state index is 13.1. The summed E-state index contributed by atoms with van der Waals surface area (Å²) in [5, 5.41) is 1.25. The molecule has 2 aliphatic rings. The predicted octanol–water partition coefficient (Wildman–Crippen LogP) is 3.51. The topological polar surface area (TPSA) is 65.6 Å². The van der Waals surface area contributed by atoms with E-state index in [0.717, 1.165) is 76.9 Å². The van der Waals surface area contributed by atoms with E-state index in [1.807, 2.05) is 11.0 Å². The fraction of sp³-hybridized carbons (Fsp3) is 0.583. The van der Waals surface area contributed by atoms with Crippen molar-refractivity contribution < 1.29 is 14.3 Å². The second-order valence-corrected chi connectivity index (χ2v) is 8.48. The number of nitrogens with zero attached hydrogens (tertiary/aromatic N) is 2. The van der Waals surface area contributed by atoms with Crippen molar-refractivity contribution in [1.29, 1.82) is 0 Å². The molecule has 0 spiro atoms. The molecule has 0 atom stereocenters. The fourth-order valence-corrected chi connectivity index (χ4v) is 4.79. The normalized spacial score (nSPS) is 17.7. The molecule has 6 heteroatoms. The lowest BCUT2D eigenvalue weighted by atomic mass is 10.0. The Kier molecular flexibility index (Phi) is 7.05. The van der Waals surface area contributed by atoms with Crippen LogP contribution in [0, 0.1) is 0 Å². The Morgan fingerprint density at radius 2 is 2.03 bits per heavy atom. The van der Waals surface area contributed by atoms with E-state index in [0.29, 0.717) is 12.8 Å². The number of H-pyrrole nitrogens is 1. The van der Waals surface area contributed by atoms with Gasteiger partial charge in [-0.25, -0.2) is 0 Å². The largest absolute Gasteiger partial charge is 0.381 e. The Morgan fingerprint density at radius 3 is 2.83 bits per heavy atom.